The van der Waals surface area contributed by atoms with Gasteiger partial charge in [0.15, 0.2) is 11.0 Å². The Bertz CT molecular complexity index is 1110. The van der Waals surface area contributed by atoms with E-state index in [1.54, 1.807) is 12.3 Å². The van der Waals surface area contributed by atoms with Crippen molar-refractivity contribution in [2.75, 3.05) is 18.2 Å². The molecule has 0 aromatic carbocycles. The van der Waals surface area contributed by atoms with E-state index in [4.69, 9.17) is 9.15 Å². The van der Waals surface area contributed by atoms with Gasteiger partial charge in [0.2, 0.25) is 5.91 Å². The highest BCUT2D eigenvalue weighted by Gasteiger charge is 2.23. The Labute approximate surface area is 188 Å². The van der Waals surface area contributed by atoms with Crippen LogP contribution in [0.25, 0.3) is 11.4 Å². The number of thiophene rings is 1. The van der Waals surface area contributed by atoms with Crippen LogP contribution in [-0.2, 0) is 22.5 Å². The van der Waals surface area contributed by atoms with Crippen LogP contribution in [0, 0.1) is 13.8 Å². The van der Waals surface area contributed by atoms with Crippen LogP contribution < -0.4 is 5.32 Å². The SMILES string of the molecule is C=CCn1c(SCC(=O)Nc2sc(C)c(CC)c2C(=O)OC)nnc1-c1ccoc1C. The number of allylic oxidation sites excluding steroid dienone is 1. The van der Waals surface area contributed by atoms with Crippen LogP contribution in [0.15, 0.2) is 34.6 Å². The summed E-state index contributed by atoms with van der Waals surface area (Å²) in [5.41, 5.74) is 2.17. The van der Waals surface area contributed by atoms with Gasteiger partial charge in [-0.05, 0) is 31.9 Å². The minimum atomic E-state index is -0.449. The van der Waals surface area contributed by atoms with Crippen LogP contribution >= 0.6 is 23.1 Å². The van der Waals surface area contributed by atoms with Crippen molar-refractivity contribution in [1.82, 2.24) is 14.8 Å². The Morgan fingerprint density at radius 2 is 2.16 bits per heavy atom. The van der Waals surface area contributed by atoms with Crippen molar-refractivity contribution in [3.63, 3.8) is 0 Å². The maximum Gasteiger partial charge on any atom is 0.341 e. The third-order valence-electron chi connectivity index (χ3n) is 4.67. The molecule has 3 heterocycles. The molecule has 0 radical (unpaired) electrons. The summed E-state index contributed by atoms with van der Waals surface area (Å²) in [6.45, 7) is 10.0. The summed E-state index contributed by atoms with van der Waals surface area (Å²) in [5, 5.41) is 12.5. The average Bonchev–Trinajstić information content (AvgIpc) is 3.43. The second kappa shape index (κ2) is 9.97. The van der Waals surface area contributed by atoms with Crippen molar-refractivity contribution in [1.29, 1.82) is 0 Å². The second-order valence-electron chi connectivity index (χ2n) is 6.62. The quantitative estimate of drug-likeness (QED) is 0.285. The van der Waals surface area contributed by atoms with E-state index in [0.717, 1.165) is 21.8 Å². The number of thioether (sulfide) groups is 1. The first-order valence-electron chi connectivity index (χ1n) is 9.62. The number of furan rings is 1. The van der Waals surface area contributed by atoms with Crippen molar-refractivity contribution in [3.05, 3.63) is 46.7 Å². The first-order valence-corrected chi connectivity index (χ1v) is 11.4. The first kappa shape index (κ1) is 22.8. The van der Waals surface area contributed by atoms with Gasteiger partial charge in [0.1, 0.15) is 10.8 Å². The standard InChI is InChI=1S/C21H24N4O4S2/c1-6-9-25-18(15-8-10-29-12(15)3)23-24-21(25)30-11-16(26)22-19-17(20(27)28-5)14(7-2)13(4)31-19/h6,8,10H,1,7,9,11H2,2-5H3,(H,22,26). The lowest BCUT2D eigenvalue weighted by Crippen LogP contribution is -2.16. The van der Waals surface area contributed by atoms with Gasteiger partial charge in [-0.1, -0.05) is 24.8 Å². The molecule has 0 fully saturated rings. The van der Waals surface area contributed by atoms with Gasteiger partial charge in [0.25, 0.3) is 0 Å². The van der Waals surface area contributed by atoms with Crippen molar-refractivity contribution in [2.45, 2.75) is 38.9 Å². The third-order valence-corrected chi connectivity index (χ3v) is 6.70. The number of carbonyl (C=O) groups is 2. The molecular weight excluding hydrogens is 436 g/mol. The van der Waals surface area contributed by atoms with Crippen molar-refractivity contribution in [2.24, 2.45) is 0 Å². The maximum atomic E-state index is 12.6. The lowest BCUT2D eigenvalue weighted by atomic mass is 10.1. The zero-order valence-electron chi connectivity index (χ0n) is 17.9. The predicted molar refractivity (Wildman–Crippen MR) is 122 cm³/mol. The van der Waals surface area contributed by atoms with E-state index in [1.165, 1.54) is 30.2 Å². The maximum absolute atomic E-state index is 12.6. The topological polar surface area (TPSA) is 99.2 Å². The smallest absolute Gasteiger partial charge is 0.341 e. The van der Waals surface area contributed by atoms with Crippen LogP contribution in [0.2, 0.25) is 0 Å². The van der Waals surface area contributed by atoms with Crippen molar-refractivity contribution < 1.29 is 18.7 Å². The number of carbonyl (C=O) groups excluding carboxylic acids is 2. The molecule has 31 heavy (non-hydrogen) atoms. The molecule has 10 heteroatoms. The molecule has 3 rings (SSSR count). The van der Waals surface area contributed by atoms with Gasteiger partial charge < -0.3 is 14.5 Å². The molecule has 8 nitrogen and oxygen atoms in total. The van der Waals surface area contributed by atoms with E-state index in [1.807, 2.05) is 31.4 Å². The number of amides is 1. The van der Waals surface area contributed by atoms with Gasteiger partial charge in [-0.2, -0.15) is 0 Å². The van der Waals surface area contributed by atoms with Crippen molar-refractivity contribution in [3.8, 4) is 11.4 Å². The number of rotatable bonds is 9. The highest BCUT2D eigenvalue weighted by molar-refractivity contribution is 7.99. The van der Waals surface area contributed by atoms with Gasteiger partial charge in [0.05, 0.1) is 30.3 Å². The summed E-state index contributed by atoms with van der Waals surface area (Å²) in [7, 11) is 1.34. The molecule has 0 saturated heterocycles. The second-order valence-corrected chi connectivity index (χ2v) is 8.79. The molecule has 0 aliphatic rings. The fourth-order valence-corrected chi connectivity index (χ4v) is 5.11. The largest absolute Gasteiger partial charge is 0.469 e. The molecule has 0 aliphatic carbocycles. The molecule has 0 bridgehead atoms. The summed E-state index contributed by atoms with van der Waals surface area (Å²) in [4.78, 5) is 25.9. The Hall–Kier alpha value is -2.85. The van der Waals surface area contributed by atoms with E-state index in [0.29, 0.717) is 34.5 Å². The van der Waals surface area contributed by atoms with E-state index < -0.39 is 5.97 Å². The Morgan fingerprint density at radius 3 is 2.77 bits per heavy atom. The van der Waals surface area contributed by atoms with Crippen LogP contribution in [0.4, 0.5) is 5.00 Å². The Morgan fingerprint density at radius 1 is 1.39 bits per heavy atom. The molecule has 3 aromatic rings. The molecular formula is C21H24N4O4S2. The summed E-state index contributed by atoms with van der Waals surface area (Å²) in [6.07, 6.45) is 4.03. The molecule has 164 valence electrons. The predicted octanol–water partition coefficient (Wildman–Crippen LogP) is 4.48. The molecule has 0 spiro atoms. The monoisotopic (exact) mass is 460 g/mol. The number of aromatic nitrogens is 3. The summed E-state index contributed by atoms with van der Waals surface area (Å²) < 4.78 is 12.2. The normalized spacial score (nSPS) is 10.8. The molecule has 0 atom stereocenters. The fraction of sp³-hybridized carbons (Fsp3) is 0.333. The van der Waals surface area contributed by atoms with E-state index in [2.05, 4.69) is 22.1 Å². The number of nitrogens with one attached hydrogen (secondary N) is 1. The van der Waals surface area contributed by atoms with Gasteiger partial charge in [-0.25, -0.2) is 4.79 Å². The van der Waals surface area contributed by atoms with Gasteiger partial charge in [-0.15, -0.1) is 28.1 Å². The van der Waals surface area contributed by atoms with Crippen LogP contribution in [0.5, 0.6) is 0 Å². The van der Waals surface area contributed by atoms with Gasteiger partial charge in [-0.3, -0.25) is 9.36 Å². The average molecular weight is 461 g/mol. The summed E-state index contributed by atoms with van der Waals surface area (Å²) in [5.74, 6) is 0.812. The molecule has 0 aliphatic heterocycles. The first-order chi connectivity index (χ1) is 14.9. The molecule has 1 N–H and O–H groups in total. The third kappa shape index (κ3) is 4.75. The zero-order valence-corrected chi connectivity index (χ0v) is 19.5. The zero-order chi connectivity index (χ0) is 22.5. The summed E-state index contributed by atoms with van der Waals surface area (Å²) in [6, 6.07) is 1.83. The Balaban J connectivity index is 1.77. The number of aryl methyl sites for hydroxylation is 2. The van der Waals surface area contributed by atoms with Crippen LogP contribution in [0.1, 0.15) is 33.5 Å². The number of nitrogens with zero attached hydrogens (tertiary/aromatic N) is 3. The lowest BCUT2D eigenvalue weighted by molar-refractivity contribution is -0.113. The minimum Gasteiger partial charge on any atom is -0.469 e. The minimum absolute atomic E-state index is 0.110. The number of anilines is 1. The van der Waals surface area contributed by atoms with Gasteiger partial charge >= 0.3 is 5.97 Å². The van der Waals surface area contributed by atoms with Crippen LogP contribution in [-0.4, -0.2) is 39.5 Å². The fourth-order valence-electron chi connectivity index (χ4n) is 3.21. The lowest BCUT2D eigenvalue weighted by Gasteiger charge is -2.08. The van der Waals surface area contributed by atoms with E-state index >= 15 is 0 Å². The number of hydrogen-bond acceptors (Lipinski definition) is 8. The summed E-state index contributed by atoms with van der Waals surface area (Å²) >= 11 is 2.64. The molecule has 1 amide bonds. The molecule has 0 unspecified atom stereocenters. The number of hydrogen-bond donors (Lipinski definition) is 1. The highest BCUT2D eigenvalue weighted by Crippen LogP contribution is 2.34. The number of esters is 1. The number of ether oxygens (including phenoxy) is 1. The number of methoxy groups -OCH3 is 1. The Kier molecular flexibility index (Phi) is 7.34. The van der Waals surface area contributed by atoms with Crippen LogP contribution in [0.3, 0.4) is 0 Å². The van der Waals surface area contributed by atoms with E-state index in [9.17, 15) is 9.59 Å². The van der Waals surface area contributed by atoms with E-state index in [-0.39, 0.29) is 11.7 Å². The van der Waals surface area contributed by atoms with Crippen molar-refractivity contribution >= 4 is 40.0 Å². The van der Waals surface area contributed by atoms with Gasteiger partial charge in [0, 0.05) is 11.4 Å². The highest BCUT2D eigenvalue weighted by atomic mass is 32.2. The molecule has 3 aromatic heterocycles. The molecule has 0 saturated carbocycles.